The zero-order valence-corrected chi connectivity index (χ0v) is 15.3. The van der Waals surface area contributed by atoms with Gasteiger partial charge in [-0.1, -0.05) is 12.1 Å². The average Bonchev–Trinajstić information content (AvgIpc) is 2.66. The van der Waals surface area contributed by atoms with Gasteiger partial charge in [0.25, 0.3) is 6.43 Å². The van der Waals surface area contributed by atoms with E-state index in [2.05, 4.69) is 4.98 Å². The number of pyridine rings is 1. The Kier molecular flexibility index (Phi) is 6.44. The van der Waals surface area contributed by atoms with Crippen molar-refractivity contribution in [3.05, 3.63) is 46.8 Å². The summed E-state index contributed by atoms with van der Waals surface area (Å²) in [6.45, 7) is 2.93. The van der Waals surface area contributed by atoms with E-state index < -0.39 is 29.6 Å². The molecule has 0 atom stereocenters. The van der Waals surface area contributed by atoms with Crippen LogP contribution in [0.25, 0.3) is 11.1 Å². The number of methoxy groups -OCH3 is 2. The molecule has 27 heavy (non-hydrogen) atoms. The lowest BCUT2D eigenvalue weighted by Crippen LogP contribution is -2.18. The molecule has 6 nitrogen and oxygen atoms in total. The van der Waals surface area contributed by atoms with Gasteiger partial charge in [0, 0.05) is 5.56 Å². The minimum absolute atomic E-state index is 0.00856. The number of benzene rings is 1. The van der Waals surface area contributed by atoms with Gasteiger partial charge >= 0.3 is 11.9 Å². The number of halogens is 2. The Morgan fingerprint density at radius 2 is 1.70 bits per heavy atom. The summed E-state index contributed by atoms with van der Waals surface area (Å²) in [4.78, 5) is 28.6. The predicted molar refractivity (Wildman–Crippen MR) is 93.2 cm³/mol. The Morgan fingerprint density at radius 3 is 2.19 bits per heavy atom. The van der Waals surface area contributed by atoms with Crippen LogP contribution in [0.3, 0.4) is 0 Å². The highest BCUT2D eigenvalue weighted by Gasteiger charge is 2.32. The smallest absolute Gasteiger partial charge is 0.340 e. The van der Waals surface area contributed by atoms with E-state index >= 15 is 0 Å². The van der Waals surface area contributed by atoms with Crippen molar-refractivity contribution < 1.29 is 32.6 Å². The van der Waals surface area contributed by atoms with Gasteiger partial charge in [0.1, 0.15) is 11.4 Å². The molecule has 8 heteroatoms. The highest BCUT2D eigenvalue weighted by molar-refractivity contribution is 6.07. The van der Waals surface area contributed by atoms with Gasteiger partial charge in [0.05, 0.1) is 37.6 Å². The normalized spacial score (nSPS) is 10.6. The first-order chi connectivity index (χ1) is 12.8. The molecule has 0 unspecified atom stereocenters. The van der Waals surface area contributed by atoms with Gasteiger partial charge < -0.3 is 14.2 Å². The van der Waals surface area contributed by atoms with Crippen molar-refractivity contribution in [1.82, 2.24) is 4.98 Å². The van der Waals surface area contributed by atoms with Crippen LogP contribution in [0.1, 0.15) is 45.5 Å². The van der Waals surface area contributed by atoms with E-state index in [1.165, 1.54) is 14.0 Å². The van der Waals surface area contributed by atoms with Crippen LogP contribution in [0, 0.1) is 6.92 Å². The van der Waals surface area contributed by atoms with Crippen molar-refractivity contribution in [2.24, 2.45) is 0 Å². The lowest BCUT2D eigenvalue weighted by atomic mass is 9.92. The molecule has 0 aliphatic rings. The van der Waals surface area contributed by atoms with E-state index in [9.17, 15) is 18.4 Å². The lowest BCUT2D eigenvalue weighted by molar-refractivity contribution is 0.0514. The summed E-state index contributed by atoms with van der Waals surface area (Å²) in [5, 5.41) is 0. The number of nitrogens with zero attached hydrogens (tertiary/aromatic N) is 1. The molecule has 0 saturated heterocycles. The SMILES string of the molecule is CCOC(=O)c1c(C(F)F)nc(C)c(C(=O)OC)c1-c1ccc(OC)cc1. The van der Waals surface area contributed by atoms with Crippen LogP contribution in [0.2, 0.25) is 0 Å². The molecule has 0 fully saturated rings. The molecule has 1 aromatic carbocycles. The number of rotatable bonds is 6. The van der Waals surface area contributed by atoms with Crippen molar-refractivity contribution in [1.29, 1.82) is 0 Å². The van der Waals surface area contributed by atoms with Gasteiger partial charge in [-0.05, 0) is 31.5 Å². The van der Waals surface area contributed by atoms with Gasteiger partial charge in [-0.25, -0.2) is 18.4 Å². The van der Waals surface area contributed by atoms with Crippen LogP contribution in [0.4, 0.5) is 8.78 Å². The van der Waals surface area contributed by atoms with Crippen molar-refractivity contribution in [2.75, 3.05) is 20.8 Å². The topological polar surface area (TPSA) is 74.7 Å². The molecule has 144 valence electrons. The second-order valence-corrected chi connectivity index (χ2v) is 5.45. The van der Waals surface area contributed by atoms with E-state index in [0.717, 1.165) is 7.11 Å². The lowest BCUT2D eigenvalue weighted by Gasteiger charge is -2.18. The summed E-state index contributed by atoms with van der Waals surface area (Å²) in [6, 6.07) is 6.28. The first-order valence-electron chi connectivity index (χ1n) is 8.08. The molecule has 0 amide bonds. The average molecular weight is 379 g/mol. The van der Waals surface area contributed by atoms with E-state index in [4.69, 9.17) is 14.2 Å². The third-order valence-corrected chi connectivity index (χ3v) is 3.86. The number of alkyl halides is 2. The van der Waals surface area contributed by atoms with Crippen molar-refractivity contribution in [3.63, 3.8) is 0 Å². The molecule has 0 radical (unpaired) electrons. The maximum Gasteiger partial charge on any atom is 0.340 e. The molecule has 0 aliphatic carbocycles. The highest BCUT2D eigenvalue weighted by Crippen LogP contribution is 2.36. The number of aromatic nitrogens is 1. The zero-order valence-electron chi connectivity index (χ0n) is 15.3. The monoisotopic (exact) mass is 379 g/mol. The Bertz CT molecular complexity index is 850. The molecular weight excluding hydrogens is 360 g/mol. The second-order valence-electron chi connectivity index (χ2n) is 5.45. The summed E-state index contributed by atoms with van der Waals surface area (Å²) in [5.41, 5.74) is -0.906. The van der Waals surface area contributed by atoms with Gasteiger partial charge in [-0.2, -0.15) is 0 Å². The van der Waals surface area contributed by atoms with E-state index in [-0.39, 0.29) is 23.4 Å². The molecule has 2 rings (SSSR count). The highest BCUT2D eigenvalue weighted by atomic mass is 19.3. The molecule has 0 bridgehead atoms. The first kappa shape index (κ1) is 20.3. The Hall–Kier alpha value is -3.03. The van der Waals surface area contributed by atoms with Crippen molar-refractivity contribution in [2.45, 2.75) is 20.3 Å². The van der Waals surface area contributed by atoms with Crippen molar-refractivity contribution >= 4 is 11.9 Å². The molecule has 0 N–H and O–H groups in total. The maximum atomic E-state index is 13.6. The number of carbonyl (C=O) groups is 2. The molecule has 2 aromatic rings. The number of esters is 2. The van der Waals surface area contributed by atoms with Crippen LogP contribution in [-0.4, -0.2) is 37.7 Å². The largest absolute Gasteiger partial charge is 0.497 e. The van der Waals surface area contributed by atoms with Gasteiger partial charge in [0.2, 0.25) is 0 Å². The van der Waals surface area contributed by atoms with Gasteiger partial charge in [-0.15, -0.1) is 0 Å². The zero-order chi connectivity index (χ0) is 20.1. The summed E-state index contributed by atoms with van der Waals surface area (Å²) in [7, 11) is 2.63. The van der Waals surface area contributed by atoms with E-state index in [1.807, 2.05) is 0 Å². The Balaban J connectivity index is 2.92. The minimum Gasteiger partial charge on any atom is -0.497 e. The number of carbonyl (C=O) groups excluding carboxylic acids is 2. The van der Waals surface area contributed by atoms with Crippen LogP contribution in [-0.2, 0) is 9.47 Å². The minimum atomic E-state index is -3.04. The third kappa shape index (κ3) is 4.05. The fourth-order valence-electron chi connectivity index (χ4n) is 2.69. The molecule has 1 aromatic heterocycles. The van der Waals surface area contributed by atoms with Gasteiger partial charge in [0.15, 0.2) is 0 Å². The number of ether oxygens (including phenoxy) is 3. The van der Waals surface area contributed by atoms with Crippen LogP contribution in [0.15, 0.2) is 24.3 Å². The summed E-state index contributed by atoms with van der Waals surface area (Å²) >= 11 is 0. The van der Waals surface area contributed by atoms with E-state index in [1.54, 1.807) is 31.2 Å². The first-order valence-corrected chi connectivity index (χ1v) is 8.08. The number of aryl methyl sites for hydroxylation is 1. The van der Waals surface area contributed by atoms with Crippen LogP contribution >= 0.6 is 0 Å². The molecule has 1 heterocycles. The number of hydrogen-bond donors (Lipinski definition) is 0. The Labute approximate surface area is 155 Å². The predicted octanol–water partition coefficient (Wildman–Crippen LogP) is 3.97. The molecule has 0 aliphatic heterocycles. The van der Waals surface area contributed by atoms with E-state index in [0.29, 0.717) is 11.3 Å². The second kappa shape index (κ2) is 8.57. The quantitative estimate of drug-likeness (QED) is 0.707. The third-order valence-electron chi connectivity index (χ3n) is 3.86. The summed E-state index contributed by atoms with van der Waals surface area (Å²) < 4.78 is 42.1. The summed E-state index contributed by atoms with van der Waals surface area (Å²) in [5.74, 6) is -1.26. The van der Waals surface area contributed by atoms with Gasteiger partial charge in [-0.3, -0.25) is 4.98 Å². The fourth-order valence-corrected chi connectivity index (χ4v) is 2.69. The van der Waals surface area contributed by atoms with Crippen molar-refractivity contribution in [3.8, 4) is 16.9 Å². The molecule has 0 spiro atoms. The maximum absolute atomic E-state index is 13.6. The standard InChI is InChI=1S/C19H19F2NO5/c1-5-27-19(24)15-14(11-6-8-12(25-3)9-7-11)13(18(23)26-4)10(2)22-16(15)17(20)21/h6-9,17H,5H2,1-4H3. The number of hydrogen-bond acceptors (Lipinski definition) is 6. The fraction of sp³-hybridized carbons (Fsp3) is 0.316. The summed E-state index contributed by atoms with van der Waals surface area (Å²) in [6.07, 6.45) is -3.04. The van der Waals surface area contributed by atoms with Crippen LogP contribution in [0.5, 0.6) is 5.75 Å². The molecular formula is C19H19F2NO5. The van der Waals surface area contributed by atoms with Crippen LogP contribution < -0.4 is 4.74 Å². The Morgan fingerprint density at radius 1 is 1.07 bits per heavy atom. The molecule has 0 saturated carbocycles.